The van der Waals surface area contributed by atoms with E-state index >= 15 is 0 Å². The van der Waals surface area contributed by atoms with Crippen molar-refractivity contribution in [2.24, 2.45) is 5.73 Å². The molecule has 1 saturated heterocycles. The zero-order chi connectivity index (χ0) is 26.6. The number of nitrogens with two attached hydrogens (primary N) is 1. The second-order valence-electron chi connectivity index (χ2n) is 8.01. The predicted molar refractivity (Wildman–Crippen MR) is 118 cm³/mol. The van der Waals surface area contributed by atoms with Crippen molar-refractivity contribution in [2.45, 2.75) is 37.9 Å². The van der Waals surface area contributed by atoms with Crippen LogP contribution in [0.15, 0.2) is 30.5 Å². The predicted octanol–water partition coefficient (Wildman–Crippen LogP) is 2.37. The summed E-state index contributed by atoms with van der Waals surface area (Å²) in [6.07, 6.45) is -1.03. The number of aromatic nitrogens is 1. The smallest absolute Gasteiger partial charge is 0.475 e. The Morgan fingerprint density at radius 3 is 2.53 bits per heavy atom. The van der Waals surface area contributed by atoms with Gasteiger partial charge < -0.3 is 16.2 Å². The van der Waals surface area contributed by atoms with Gasteiger partial charge in [0.25, 0.3) is 5.91 Å². The number of carbonyl (C=O) groups is 4. The van der Waals surface area contributed by atoms with Crippen molar-refractivity contribution in [1.29, 1.82) is 0 Å². The third kappa shape index (κ3) is 6.53. The molecule has 0 bridgehead atoms. The maximum atomic E-state index is 14.3. The van der Waals surface area contributed by atoms with Gasteiger partial charge in [0.1, 0.15) is 5.82 Å². The highest BCUT2D eigenvalue weighted by Crippen LogP contribution is 2.25. The van der Waals surface area contributed by atoms with Crippen molar-refractivity contribution in [3.63, 3.8) is 0 Å². The lowest BCUT2D eigenvalue weighted by Crippen LogP contribution is -2.50. The molecule has 10 nitrogen and oxygen atoms in total. The fraction of sp³-hybridized carbons (Fsp3) is 0.318. The summed E-state index contributed by atoms with van der Waals surface area (Å²) in [4.78, 5) is 50.4. The number of aliphatic carboxylic acids is 1. The fourth-order valence-electron chi connectivity index (χ4n) is 3.57. The number of anilines is 2. The van der Waals surface area contributed by atoms with Crippen LogP contribution < -0.4 is 21.3 Å². The number of halogens is 4. The number of carboxylic acids is 1. The van der Waals surface area contributed by atoms with Crippen molar-refractivity contribution in [3.8, 4) is 0 Å². The topological polar surface area (TPSA) is 155 Å². The number of aryl methyl sites for hydroxylation is 1. The normalized spacial score (nSPS) is 17.4. The van der Waals surface area contributed by atoms with Crippen LogP contribution in [0.4, 0.5) is 33.7 Å². The summed E-state index contributed by atoms with van der Waals surface area (Å²) in [5.41, 5.74) is 8.65. The van der Waals surface area contributed by atoms with E-state index in [-0.39, 0.29) is 30.3 Å². The summed E-state index contributed by atoms with van der Waals surface area (Å²) < 4.78 is 46.0. The Kier molecular flexibility index (Phi) is 7.87. The maximum absolute atomic E-state index is 14.3. The van der Waals surface area contributed by atoms with E-state index < -0.39 is 35.8 Å². The molecule has 1 aromatic heterocycles. The molecular weight excluding hydrogens is 490 g/mol. The van der Waals surface area contributed by atoms with E-state index in [0.29, 0.717) is 12.1 Å². The van der Waals surface area contributed by atoms with Crippen molar-refractivity contribution < 1.29 is 41.8 Å². The van der Waals surface area contributed by atoms with Crippen LogP contribution in [0.25, 0.3) is 0 Å². The lowest BCUT2D eigenvalue weighted by molar-refractivity contribution is -0.192. The van der Waals surface area contributed by atoms with E-state index in [2.05, 4.69) is 15.6 Å². The molecule has 1 fully saturated rings. The maximum Gasteiger partial charge on any atom is 0.490 e. The van der Waals surface area contributed by atoms with E-state index in [9.17, 15) is 31.9 Å². The highest BCUT2D eigenvalue weighted by molar-refractivity contribution is 6.08. The number of rotatable bonds is 3. The molecule has 2 heterocycles. The van der Waals surface area contributed by atoms with Crippen LogP contribution in [0.2, 0.25) is 0 Å². The third-order valence-electron chi connectivity index (χ3n) is 5.35. The molecule has 0 saturated carbocycles. The second kappa shape index (κ2) is 10.7. The molecule has 5 N–H and O–H groups in total. The third-order valence-corrected chi connectivity index (χ3v) is 5.35. The highest BCUT2D eigenvalue weighted by Gasteiger charge is 2.38. The number of pyridine rings is 1. The van der Waals surface area contributed by atoms with E-state index in [4.69, 9.17) is 15.6 Å². The standard InChI is InChI=1S/C20H20FN5O3.C2HF3O2/c21-15-3-1-11(9-17(15)26-6-5-18(27)25-20(26)29)19(28)24-14-8-12-7-13(22)2-4-16(12)23-10-14;3-2(4,5)1(6)7/h1,3,8-10,13H,2,4-7,22H2,(H,24,28)(H,25,27,29);(H,6,7). The largest absolute Gasteiger partial charge is 0.490 e. The Morgan fingerprint density at radius 1 is 1.19 bits per heavy atom. The molecule has 4 rings (SSSR count). The SMILES string of the molecule is NC1CCc2ncc(NC(=O)c3ccc(F)c(N4CCC(=O)NC4=O)c3)cc2C1.O=C(O)C(F)(F)F. The first-order chi connectivity index (χ1) is 16.8. The molecule has 14 heteroatoms. The summed E-state index contributed by atoms with van der Waals surface area (Å²) in [6.45, 7) is 0.0433. The van der Waals surface area contributed by atoms with Gasteiger partial charge in [0.05, 0.1) is 17.6 Å². The molecule has 192 valence electrons. The molecule has 2 aromatic rings. The van der Waals surface area contributed by atoms with Crippen LogP contribution >= 0.6 is 0 Å². The van der Waals surface area contributed by atoms with Crippen molar-refractivity contribution >= 4 is 35.2 Å². The van der Waals surface area contributed by atoms with E-state index in [1.54, 1.807) is 6.20 Å². The van der Waals surface area contributed by atoms with Crippen LogP contribution in [0, 0.1) is 5.82 Å². The van der Waals surface area contributed by atoms with Crippen molar-refractivity contribution in [1.82, 2.24) is 10.3 Å². The van der Waals surface area contributed by atoms with Gasteiger partial charge in [-0.3, -0.25) is 24.8 Å². The summed E-state index contributed by atoms with van der Waals surface area (Å²) >= 11 is 0. The summed E-state index contributed by atoms with van der Waals surface area (Å²) in [7, 11) is 0. The Labute approximate surface area is 201 Å². The number of fused-ring (bicyclic) bond motifs is 1. The van der Waals surface area contributed by atoms with Gasteiger partial charge in [0, 0.05) is 30.3 Å². The summed E-state index contributed by atoms with van der Waals surface area (Å²) in [5, 5.41) is 12.0. The molecule has 0 radical (unpaired) electrons. The molecule has 36 heavy (non-hydrogen) atoms. The van der Waals surface area contributed by atoms with E-state index in [1.165, 1.54) is 12.1 Å². The van der Waals surface area contributed by atoms with E-state index in [1.807, 2.05) is 6.07 Å². The number of amides is 4. The average molecular weight is 511 g/mol. The van der Waals surface area contributed by atoms with Gasteiger partial charge in [0.2, 0.25) is 5.91 Å². The molecule has 2 aliphatic rings. The van der Waals surface area contributed by atoms with Gasteiger partial charge >= 0.3 is 18.2 Å². The number of imide groups is 1. The van der Waals surface area contributed by atoms with Crippen LogP contribution in [-0.2, 0) is 22.4 Å². The van der Waals surface area contributed by atoms with Crippen LogP contribution in [0.3, 0.4) is 0 Å². The summed E-state index contributed by atoms with van der Waals surface area (Å²) in [6, 6.07) is 4.97. The van der Waals surface area contributed by atoms with Gasteiger partial charge in [-0.05, 0) is 49.1 Å². The molecule has 1 unspecified atom stereocenters. The molecule has 1 atom stereocenters. The van der Waals surface area contributed by atoms with Crippen LogP contribution in [-0.4, -0.2) is 52.7 Å². The molecule has 1 aromatic carbocycles. The van der Waals surface area contributed by atoms with Crippen LogP contribution in [0.5, 0.6) is 0 Å². The minimum absolute atomic E-state index is 0.0433. The van der Waals surface area contributed by atoms with Gasteiger partial charge in [-0.25, -0.2) is 14.0 Å². The minimum Gasteiger partial charge on any atom is -0.475 e. The molecule has 1 aliphatic carbocycles. The van der Waals surface area contributed by atoms with Gasteiger partial charge in [-0.2, -0.15) is 13.2 Å². The number of carbonyl (C=O) groups excluding carboxylic acids is 3. The number of nitrogens with one attached hydrogen (secondary N) is 2. The number of benzene rings is 1. The highest BCUT2D eigenvalue weighted by atomic mass is 19.4. The Morgan fingerprint density at radius 2 is 1.89 bits per heavy atom. The number of urea groups is 1. The van der Waals surface area contributed by atoms with Gasteiger partial charge in [-0.15, -0.1) is 0 Å². The molecule has 1 aliphatic heterocycles. The van der Waals surface area contributed by atoms with Crippen LogP contribution in [0.1, 0.15) is 34.5 Å². The number of alkyl halides is 3. The van der Waals surface area contributed by atoms with Gasteiger partial charge in [0.15, 0.2) is 0 Å². The first-order valence-corrected chi connectivity index (χ1v) is 10.6. The fourth-order valence-corrected chi connectivity index (χ4v) is 3.57. The first-order valence-electron chi connectivity index (χ1n) is 10.6. The number of hydrogen-bond donors (Lipinski definition) is 4. The quantitative estimate of drug-likeness (QED) is 0.461. The molecule has 0 spiro atoms. The number of nitrogens with zero attached hydrogens (tertiary/aromatic N) is 2. The first kappa shape index (κ1) is 26.5. The second-order valence-corrected chi connectivity index (χ2v) is 8.01. The average Bonchev–Trinajstić information content (AvgIpc) is 2.79. The number of hydrogen-bond acceptors (Lipinski definition) is 6. The lowest BCUT2D eigenvalue weighted by Gasteiger charge is -2.27. The molecule has 4 amide bonds. The molecular formula is C22H21F4N5O5. The van der Waals surface area contributed by atoms with Crippen molar-refractivity contribution in [2.75, 3.05) is 16.8 Å². The zero-order valence-electron chi connectivity index (χ0n) is 18.6. The monoisotopic (exact) mass is 511 g/mol. The lowest BCUT2D eigenvalue weighted by atomic mass is 9.92. The Bertz CT molecular complexity index is 1200. The summed E-state index contributed by atoms with van der Waals surface area (Å²) in [5.74, 6) is -4.29. The minimum atomic E-state index is -5.08. The van der Waals surface area contributed by atoms with Gasteiger partial charge in [-0.1, -0.05) is 0 Å². The Hall–Kier alpha value is -4.07. The Balaban J connectivity index is 0.000000454. The zero-order valence-corrected chi connectivity index (χ0v) is 18.6. The van der Waals surface area contributed by atoms with E-state index in [0.717, 1.165) is 35.1 Å². The van der Waals surface area contributed by atoms with Crippen molar-refractivity contribution in [3.05, 3.63) is 53.1 Å². The number of carboxylic acid groups (broad SMARTS) is 1.